The summed E-state index contributed by atoms with van der Waals surface area (Å²) in [5.74, 6) is 0. The summed E-state index contributed by atoms with van der Waals surface area (Å²) in [7, 11) is 1.36. The number of hydrogen-bond acceptors (Lipinski definition) is 3. The highest BCUT2D eigenvalue weighted by molar-refractivity contribution is 5.69. The van der Waals surface area contributed by atoms with Gasteiger partial charge in [0.2, 0.25) is 0 Å². The van der Waals surface area contributed by atoms with Crippen molar-refractivity contribution in [2.45, 2.75) is 38.9 Å². The summed E-state index contributed by atoms with van der Waals surface area (Å²) >= 11 is 0. The van der Waals surface area contributed by atoms with Crippen molar-refractivity contribution in [2.24, 2.45) is 14.0 Å². The first kappa shape index (κ1) is 9.90. The van der Waals surface area contributed by atoms with E-state index in [0.29, 0.717) is 23.8 Å². The maximum atomic E-state index is 12.8. The second-order valence-electron chi connectivity index (χ2n) is 4.79. The molecule has 0 spiro atoms. The molecule has 110 valence electrons. The number of aromatic nitrogens is 4. The van der Waals surface area contributed by atoms with Crippen molar-refractivity contribution in [2.75, 3.05) is 0 Å². The van der Waals surface area contributed by atoms with Crippen LogP contribution >= 0.6 is 0 Å². The van der Waals surface area contributed by atoms with Gasteiger partial charge in [0, 0.05) is 24.7 Å². The Bertz CT molecular complexity index is 866. The summed E-state index contributed by atoms with van der Waals surface area (Å²) in [6.07, 6.45) is -0.351. The molecule has 0 fully saturated rings. The third-order valence-electron chi connectivity index (χ3n) is 3.21. The Morgan fingerprint density at radius 2 is 2.25 bits per heavy atom. The van der Waals surface area contributed by atoms with Crippen LogP contribution in [0.25, 0.3) is 11.2 Å². The summed E-state index contributed by atoms with van der Waals surface area (Å²) in [4.78, 5) is 28.6. The molecular weight excluding hydrogens is 263 g/mol. The summed E-state index contributed by atoms with van der Waals surface area (Å²) in [5, 5.41) is 0. The largest absolute Gasteiger partial charge is 0.332 e. The van der Waals surface area contributed by atoms with Crippen molar-refractivity contribution in [1.29, 1.82) is 0 Å². The number of rotatable bonds is 5. The third kappa shape index (κ3) is 2.52. The molecule has 0 unspecified atom stereocenters. The van der Waals surface area contributed by atoms with Gasteiger partial charge in [-0.2, -0.15) is 0 Å². The van der Waals surface area contributed by atoms with Gasteiger partial charge in [-0.1, -0.05) is 0 Å². The van der Waals surface area contributed by atoms with E-state index in [1.54, 1.807) is 0 Å². The number of halogens is 1. The standard InChI is InChI=1S/C13H19FN4O2/c1-9(14)6-4-5-7-18-12(19)10-11(15-8-16(10)2)17(3)13(18)20/h8-9H,4-7H2,1-3H3/t9-/m0/s1/i2D3,8D. The van der Waals surface area contributed by atoms with Crippen LogP contribution in [0.1, 0.15) is 31.7 Å². The highest BCUT2D eigenvalue weighted by Crippen LogP contribution is 2.06. The van der Waals surface area contributed by atoms with E-state index in [-0.39, 0.29) is 17.7 Å². The van der Waals surface area contributed by atoms with Gasteiger partial charge < -0.3 is 4.57 Å². The zero-order valence-electron chi connectivity index (χ0n) is 15.4. The molecule has 0 aliphatic heterocycles. The molecule has 0 aromatic carbocycles. The van der Waals surface area contributed by atoms with E-state index < -0.39 is 30.7 Å². The lowest BCUT2D eigenvalue weighted by Crippen LogP contribution is -2.39. The first-order chi connectivity index (χ1) is 11.1. The first-order valence-corrected chi connectivity index (χ1v) is 6.39. The minimum Gasteiger partial charge on any atom is -0.328 e. The Morgan fingerprint density at radius 1 is 1.50 bits per heavy atom. The summed E-state index contributed by atoms with van der Waals surface area (Å²) in [6.45, 7) is -1.28. The number of hydrogen-bond donors (Lipinski definition) is 0. The molecule has 0 saturated carbocycles. The fourth-order valence-corrected chi connectivity index (χ4v) is 2.10. The fourth-order valence-electron chi connectivity index (χ4n) is 2.10. The Balaban J connectivity index is 2.58. The number of alkyl halides is 1. The summed E-state index contributed by atoms with van der Waals surface area (Å²) in [5.41, 5.74) is -1.89. The van der Waals surface area contributed by atoms with Crippen molar-refractivity contribution in [3.8, 4) is 0 Å². The molecule has 0 aliphatic rings. The van der Waals surface area contributed by atoms with Crippen molar-refractivity contribution < 1.29 is 9.87 Å². The lowest BCUT2D eigenvalue weighted by atomic mass is 10.2. The second-order valence-corrected chi connectivity index (χ2v) is 4.79. The van der Waals surface area contributed by atoms with Gasteiger partial charge in [0.1, 0.15) is 1.37 Å². The Kier molecular flexibility index (Phi) is 2.77. The van der Waals surface area contributed by atoms with Crippen LogP contribution in [-0.2, 0) is 20.6 Å². The van der Waals surface area contributed by atoms with Gasteiger partial charge in [-0.25, -0.2) is 14.2 Å². The Hall–Kier alpha value is -1.92. The third-order valence-corrected chi connectivity index (χ3v) is 3.21. The van der Waals surface area contributed by atoms with Gasteiger partial charge in [-0.15, -0.1) is 0 Å². The maximum absolute atomic E-state index is 12.8. The quantitative estimate of drug-likeness (QED) is 0.769. The Labute approximate surface area is 121 Å². The summed E-state index contributed by atoms with van der Waals surface area (Å²) in [6, 6.07) is 0. The number of unbranched alkanes of at least 4 members (excludes halogenated alkanes) is 1. The molecule has 0 radical (unpaired) electrons. The number of fused-ring (bicyclic) bond motifs is 1. The SMILES string of the molecule is [2H]c1nc2c(c(=O)n(CCCC[C@H](C)F)c(=O)n2C)n1C([2H])([2H])[2H]. The number of aryl methyl sites for hydroxylation is 2. The monoisotopic (exact) mass is 286 g/mol. The predicted molar refractivity (Wildman–Crippen MR) is 74.6 cm³/mol. The molecule has 2 rings (SSSR count). The topological polar surface area (TPSA) is 61.8 Å². The average Bonchev–Trinajstić information content (AvgIpc) is 2.81. The Morgan fingerprint density at radius 3 is 2.90 bits per heavy atom. The van der Waals surface area contributed by atoms with Crippen LogP contribution in [0, 0.1) is 0 Å². The van der Waals surface area contributed by atoms with Crippen LogP contribution in [-0.4, -0.2) is 24.9 Å². The van der Waals surface area contributed by atoms with E-state index in [2.05, 4.69) is 4.98 Å². The van der Waals surface area contributed by atoms with Crippen molar-refractivity contribution in [1.82, 2.24) is 18.7 Å². The van der Waals surface area contributed by atoms with Crippen molar-refractivity contribution >= 4 is 11.2 Å². The molecule has 0 aliphatic carbocycles. The fraction of sp³-hybridized carbons (Fsp3) is 0.615. The van der Waals surface area contributed by atoms with Gasteiger partial charge in [-0.3, -0.25) is 13.9 Å². The highest BCUT2D eigenvalue weighted by Gasteiger charge is 2.14. The zero-order valence-corrected chi connectivity index (χ0v) is 11.4. The minimum atomic E-state index is -2.76. The molecule has 2 heterocycles. The second kappa shape index (κ2) is 5.60. The normalized spacial score (nSPS) is 16.6. The molecule has 0 saturated heterocycles. The minimum absolute atomic E-state index is 0.0493. The van der Waals surface area contributed by atoms with Gasteiger partial charge >= 0.3 is 5.69 Å². The van der Waals surface area contributed by atoms with Gasteiger partial charge in [0.25, 0.3) is 5.56 Å². The first-order valence-electron chi connectivity index (χ1n) is 8.39. The van der Waals surface area contributed by atoms with E-state index in [9.17, 15) is 14.0 Å². The molecular formula is C13H19FN4O2. The molecule has 0 N–H and O–H groups in total. The van der Waals surface area contributed by atoms with Crippen LogP contribution in [0.2, 0.25) is 0 Å². The van der Waals surface area contributed by atoms with E-state index in [1.165, 1.54) is 14.0 Å². The molecule has 20 heavy (non-hydrogen) atoms. The van der Waals surface area contributed by atoms with E-state index in [0.717, 1.165) is 9.13 Å². The molecule has 0 bridgehead atoms. The van der Waals surface area contributed by atoms with Crippen LogP contribution in [0.15, 0.2) is 15.9 Å². The zero-order chi connectivity index (χ0) is 18.2. The van der Waals surface area contributed by atoms with Crippen LogP contribution in [0.3, 0.4) is 0 Å². The molecule has 6 nitrogen and oxygen atoms in total. The maximum Gasteiger partial charge on any atom is 0.332 e. The van der Waals surface area contributed by atoms with Crippen LogP contribution in [0.4, 0.5) is 4.39 Å². The smallest absolute Gasteiger partial charge is 0.328 e. The molecule has 7 heteroatoms. The van der Waals surface area contributed by atoms with Crippen molar-refractivity contribution in [3.63, 3.8) is 0 Å². The van der Waals surface area contributed by atoms with Gasteiger partial charge in [-0.05, 0) is 26.2 Å². The highest BCUT2D eigenvalue weighted by atomic mass is 19.1. The van der Waals surface area contributed by atoms with Gasteiger partial charge in [0.05, 0.1) is 12.5 Å². The number of nitrogens with zero attached hydrogens (tertiary/aromatic N) is 4. The van der Waals surface area contributed by atoms with Crippen molar-refractivity contribution in [3.05, 3.63) is 27.1 Å². The predicted octanol–water partition coefficient (Wildman–Crippen LogP) is 0.962. The molecule has 2 aromatic rings. The van der Waals surface area contributed by atoms with E-state index in [1.807, 2.05) is 0 Å². The average molecular weight is 286 g/mol. The molecule has 0 amide bonds. The summed E-state index contributed by atoms with van der Waals surface area (Å²) < 4.78 is 45.4. The molecule has 1 atom stereocenters. The molecule has 2 aromatic heterocycles. The lowest BCUT2D eigenvalue weighted by molar-refractivity contribution is 0.328. The van der Waals surface area contributed by atoms with Gasteiger partial charge in [0.15, 0.2) is 11.2 Å². The van der Waals surface area contributed by atoms with E-state index in [4.69, 9.17) is 5.48 Å². The van der Waals surface area contributed by atoms with E-state index >= 15 is 0 Å². The lowest BCUT2D eigenvalue weighted by Gasteiger charge is -2.08. The van der Waals surface area contributed by atoms with Crippen LogP contribution in [0.5, 0.6) is 0 Å². The number of imidazole rings is 1. The van der Waals surface area contributed by atoms with Crippen LogP contribution < -0.4 is 11.2 Å².